The van der Waals surface area contributed by atoms with Crippen LogP contribution in [0.3, 0.4) is 0 Å². The zero-order valence-electron chi connectivity index (χ0n) is 14.6. The minimum atomic E-state index is -0.417. The first-order valence-electron chi connectivity index (χ1n) is 8.21. The second kappa shape index (κ2) is 7.74. The van der Waals surface area contributed by atoms with Crippen molar-refractivity contribution in [2.75, 3.05) is 10.6 Å². The lowest BCUT2D eigenvalue weighted by atomic mass is 10.1. The Hall–Kier alpha value is -3.28. The van der Waals surface area contributed by atoms with E-state index in [1.807, 2.05) is 25.1 Å². The van der Waals surface area contributed by atoms with Crippen LogP contribution >= 0.6 is 0 Å². The molecule has 1 heterocycles. The maximum Gasteiger partial charge on any atom is 0.274 e. The van der Waals surface area contributed by atoms with Gasteiger partial charge in [0.15, 0.2) is 0 Å². The first-order valence-corrected chi connectivity index (χ1v) is 8.21. The lowest BCUT2D eigenvalue weighted by Crippen LogP contribution is -2.16. The number of benzene rings is 2. The zero-order chi connectivity index (χ0) is 18.5. The number of nitrogens with one attached hydrogen (secondary N) is 2. The minimum Gasteiger partial charge on any atom is -0.350 e. The number of hydrogen-bond acceptors (Lipinski definition) is 4. The van der Waals surface area contributed by atoms with Crippen molar-refractivity contribution in [3.05, 3.63) is 82.9 Å². The highest BCUT2D eigenvalue weighted by atomic mass is 19.1. The van der Waals surface area contributed by atoms with Crippen molar-refractivity contribution < 1.29 is 9.18 Å². The summed E-state index contributed by atoms with van der Waals surface area (Å²) in [5, 5.41) is 5.77. The van der Waals surface area contributed by atoms with Gasteiger partial charge in [0.25, 0.3) is 5.91 Å². The third-order valence-corrected chi connectivity index (χ3v) is 3.70. The number of amides is 1. The lowest BCUT2D eigenvalue weighted by Gasteiger charge is -2.09. The van der Waals surface area contributed by atoms with Gasteiger partial charge < -0.3 is 10.6 Å². The number of carbonyl (C=O) groups is 1. The zero-order valence-corrected chi connectivity index (χ0v) is 14.6. The van der Waals surface area contributed by atoms with Crippen LogP contribution in [0.5, 0.6) is 0 Å². The molecule has 0 radical (unpaired) electrons. The van der Waals surface area contributed by atoms with Gasteiger partial charge in [-0.05, 0) is 43.7 Å². The van der Waals surface area contributed by atoms with Gasteiger partial charge in [0, 0.05) is 17.9 Å². The molecule has 0 aliphatic carbocycles. The van der Waals surface area contributed by atoms with Crippen LogP contribution in [-0.2, 0) is 6.54 Å². The van der Waals surface area contributed by atoms with Gasteiger partial charge in [0.2, 0.25) is 5.95 Å². The van der Waals surface area contributed by atoms with Crippen molar-refractivity contribution in [1.29, 1.82) is 0 Å². The second-order valence-electron chi connectivity index (χ2n) is 6.03. The predicted molar refractivity (Wildman–Crippen MR) is 99.6 cm³/mol. The summed E-state index contributed by atoms with van der Waals surface area (Å²) >= 11 is 0. The molecule has 0 saturated heterocycles. The molecule has 3 rings (SSSR count). The van der Waals surface area contributed by atoms with Crippen molar-refractivity contribution in [3.63, 3.8) is 0 Å². The third-order valence-electron chi connectivity index (χ3n) is 3.70. The fraction of sp³-hybridized carbons (Fsp3) is 0.150. The van der Waals surface area contributed by atoms with Crippen molar-refractivity contribution in [2.24, 2.45) is 0 Å². The Morgan fingerprint density at radius 3 is 2.62 bits per heavy atom. The van der Waals surface area contributed by atoms with E-state index in [4.69, 9.17) is 0 Å². The highest BCUT2D eigenvalue weighted by Gasteiger charge is 2.11. The SMILES string of the molecule is Cc1cccc(CNc2nc(C)cc(C(=O)Nc3cccc(F)c3)n2)c1. The van der Waals surface area contributed by atoms with Crippen molar-refractivity contribution in [3.8, 4) is 0 Å². The van der Waals surface area contributed by atoms with Gasteiger partial charge >= 0.3 is 0 Å². The van der Waals surface area contributed by atoms with Crippen LogP contribution in [0.15, 0.2) is 54.6 Å². The Kier molecular flexibility index (Phi) is 5.22. The Labute approximate surface area is 151 Å². The van der Waals surface area contributed by atoms with E-state index in [0.717, 1.165) is 5.56 Å². The van der Waals surface area contributed by atoms with Crippen LogP contribution in [0.4, 0.5) is 16.0 Å². The van der Waals surface area contributed by atoms with Gasteiger partial charge in [0.05, 0.1) is 0 Å². The third kappa shape index (κ3) is 4.63. The van der Waals surface area contributed by atoms with Crippen LogP contribution in [-0.4, -0.2) is 15.9 Å². The van der Waals surface area contributed by atoms with E-state index in [1.54, 1.807) is 19.1 Å². The molecule has 26 heavy (non-hydrogen) atoms. The average molecular weight is 350 g/mol. The summed E-state index contributed by atoms with van der Waals surface area (Å²) in [6.45, 7) is 4.37. The summed E-state index contributed by atoms with van der Waals surface area (Å²) in [5.41, 5.74) is 3.52. The molecular formula is C20H19FN4O. The average Bonchev–Trinajstić information content (AvgIpc) is 2.59. The van der Waals surface area contributed by atoms with Gasteiger partial charge in [-0.15, -0.1) is 0 Å². The van der Waals surface area contributed by atoms with E-state index in [9.17, 15) is 9.18 Å². The van der Waals surface area contributed by atoms with Crippen LogP contribution in [0.25, 0.3) is 0 Å². The molecule has 6 heteroatoms. The van der Waals surface area contributed by atoms with Crippen molar-refractivity contribution in [2.45, 2.75) is 20.4 Å². The molecule has 0 fully saturated rings. The van der Waals surface area contributed by atoms with E-state index >= 15 is 0 Å². The Morgan fingerprint density at radius 1 is 1.04 bits per heavy atom. The largest absolute Gasteiger partial charge is 0.350 e. The number of carbonyl (C=O) groups excluding carboxylic acids is 1. The maximum atomic E-state index is 13.3. The molecule has 0 atom stereocenters. The normalized spacial score (nSPS) is 10.4. The van der Waals surface area contributed by atoms with Crippen LogP contribution < -0.4 is 10.6 Å². The summed E-state index contributed by atoms with van der Waals surface area (Å²) in [6.07, 6.45) is 0. The van der Waals surface area contributed by atoms with Crippen LogP contribution in [0, 0.1) is 19.7 Å². The number of rotatable bonds is 5. The molecule has 0 saturated carbocycles. The van der Waals surface area contributed by atoms with Gasteiger partial charge in [0.1, 0.15) is 11.5 Å². The predicted octanol–water partition coefficient (Wildman–Crippen LogP) is 4.10. The van der Waals surface area contributed by atoms with Gasteiger partial charge in [-0.25, -0.2) is 14.4 Å². The topological polar surface area (TPSA) is 66.9 Å². The van der Waals surface area contributed by atoms with Crippen molar-refractivity contribution >= 4 is 17.5 Å². The van der Waals surface area contributed by atoms with Crippen LogP contribution in [0.1, 0.15) is 27.3 Å². The van der Waals surface area contributed by atoms with Gasteiger partial charge in [-0.1, -0.05) is 35.9 Å². The monoisotopic (exact) mass is 350 g/mol. The molecule has 0 spiro atoms. The number of aryl methyl sites for hydroxylation is 2. The van der Waals surface area contributed by atoms with Crippen molar-refractivity contribution in [1.82, 2.24) is 9.97 Å². The fourth-order valence-corrected chi connectivity index (χ4v) is 2.53. The highest BCUT2D eigenvalue weighted by Crippen LogP contribution is 2.13. The Morgan fingerprint density at radius 2 is 1.85 bits per heavy atom. The van der Waals surface area contributed by atoms with E-state index in [0.29, 0.717) is 23.9 Å². The van der Waals surface area contributed by atoms with E-state index in [1.165, 1.54) is 23.8 Å². The molecule has 0 bridgehead atoms. The molecule has 132 valence electrons. The van der Waals surface area contributed by atoms with E-state index in [-0.39, 0.29) is 5.69 Å². The summed E-state index contributed by atoms with van der Waals surface area (Å²) in [4.78, 5) is 21.0. The number of hydrogen-bond donors (Lipinski definition) is 2. The number of halogens is 1. The van der Waals surface area contributed by atoms with Gasteiger partial charge in [-0.3, -0.25) is 4.79 Å². The number of nitrogens with zero attached hydrogens (tertiary/aromatic N) is 2. The first-order chi connectivity index (χ1) is 12.5. The first kappa shape index (κ1) is 17.5. The van der Waals surface area contributed by atoms with E-state index < -0.39 is 11.7 Å². The number of aromatic nitrogens is 2. The fourth-order valence-electron chi connectivity index (χ4n) is 2.53. The quantitative estimate of drug-likeness (QED) is 0.727. The molecule has 5 nitrogen and oxygen atoms in total. The smallest absolute Gasteiger partial charge is 0.274 e. The molecule has 1 aromatic heterocycles. The molecular weight excluding hydrogens is 331 g/mol. The summed E-state index contributed by atoms with van der Waals surface area (Å²) in [6, 6.07) is 15.4. The molecule has 0 aliphatic rings. The summed E-state index contributed by atoms with van der Waals surface area (Å²) < 4.78 is 13.3. The molecule has 0 unspecified atom stereocenters. The standard InChI is InChI=1S/C20H19FN4O/c1-13-5-3-6-15(9-13)12-22-20-23-14(2)10-18(25-20)19(26)24-17-8-4-7-16(21)11-17/h3-11H,12H2,1-2H3,(H,24,26)(H,22,23,25). The minimum absolute atomic E-state index is 0.216. The van der Waals surface area contributed by atoms with Crippen LogP contribution in [0.2, 0.25) is 0 Å². The lowest BCUT2D eigenvalue weighted by molar-refractivity contribution is 0.102. The van der Waals surface area contributed by atoms with Gasteiger partial charge in [-0.2, -0.15) is 0 Å². The number of anilines is 2. The second-order valence-corrected chi connectivity index (χ2v) is 6.03. The Bertz CT molecular complexity index is 943. The molecule has 3 aromatic rings. The molecule has 1 amide bonds. The molecule has 0 aliphatic heterocycles. The molecule has 2 aromatic carbocycles. The summed E-state index contributed by atoms with van der Waals surface area (Å²) in [5.74, 6) is -0.460. The maximum absolute atomic E-state index is 13.3. The van der Waals surface area contributed by atoms with E-state index in [2.05, 4.69) is 26.7 Å². The molecule has 2 N–H and O–H groups in total. The highest BCUT2D eigenvalue weighted by molar-refractivity contribution is 6.03. The Balaban J connectivity index is 1.73. The summed E-state index contributed by atoms with van der Waals surface area (Å²) in [7, 11) is 0.